The average molecular weight is 770 g/mol. The van der Waals surface area contributed by atoms with Crippen LogP contribution in [0.1, 0.15) is 55.2 Å². The first-order chi connectivity index (χ1) is 25.7. The number of amides is 1. The van der Waals surface area contributed by atoms with Crippen molar-refractivity contribution in [1.82, 2.24) is 10.2 Å². The van der Waals surface area contributed by atoms with Gasteiger partial charge in [0.15, 0.2) is 17.2 Å². The van der Waals surface area contributed by atoms with Crippen molar-refractivity contribution in [3.05, 3.63) is 81.3 Å². The predicted molar refractivity (Wildman–Crippen MR) is 203 cm³/mol. The van der Waals surface area contributed by atoms with E-state index in [9.17, 15) is 9.59 Å². The molecule has 10 nitrogen and oxygen atoms in total. The molecule has 3 aromatic carbocycles. The second-order valence-corrected chi connectivity index (χ2v) is 14.8. The first kappa shape index (κ1) is 39.0. The van der Waals surface area contributed by atoms with Crippen LogP contribution in [0.25, 0.3) is 0 Å². The van der Waals surface area contributed by atoms with Crippen LogP contribution in [0, 0.1) is 24.7 Å². The maximum Gasteiger partial charge on any atom is 0.309 e. The summed E-state index contributed by atoms with van der Waals surface area (Å²) >= 11 is 12.6. The van der Waals surface area contributed by atoms with E-state index < -0.39 is 0 Å². The molecule has 2 aliphatic carbocycles. The Bertz CT molecular complexity index is 1680. The Balaban J connectivity index is 1.07. The molecular weight excluding hydrogens is 719 g/mol. The van der Waals surface area contributed by atoms with Gasteiger partial charge < -0.3 is 38.6 Å². The lowest BCUT2D eigenvalue weighted by Crippen LogP contribution is -2.47. The van der Waals surface area contributed by atoms with Gasteiger partial charge in [-0.3, -0.25) is 9.59 Å². The zero-order valence-electron chi connectivity index (χ0n) is 30.7. The third kappa shape index (κ3) is 10.5. The fraction of sp³-hybridized carbons (Fsp3) is 0.512. The van der Waals surface area contributed by atoms with E-state index in [-0.39, 0.29) is 41.6 Å². The van der Waals surface area contributed by atoms with Gasteiger partial charge in [0, 0.05) is 32.2 Å². The Morgan fingerprint density at radius 2 is 1.58 bits per heavy atom. The quantitative estimate of drug-likeness (QED) is 0.0998. The number of piperidine rings is 1. The van der Waals surface area contributed by atoms with Crippen molar-refractivity contribution in [3.8, 4) is 23.0 Å². The largest absolute Gasteiger partial charge is 0.490 e. The highest BCUT2D eigenvalue weighted by atomic mass is 35.5. The van der Waals surface area contributed by atoms with Crippen LogP contribution in [0.3, 0.4) is 0 Å². The summed E-state index contributed by atoms with van der Waals surface area (Å²) in [5, 5.41) is 4.42. The number of aryl methyl sites for hydroxylation is 1. The van der Waals surface area contributed by atoms with Crippen molar-refractivity contribution in [2.45, 2.75) is 58.0 Å². The molecule has 0 spiro atoms. The molecule has 0 radical (unpaired) electrons. The Morgan fingerprint density at radius 3 is 2.30 bits per heavy atom. The van der Waals surface area contributed by atoms with E-state index in [1.54, 1.807) is 7.11 Å². The van der Waals surface area contributed by atoms with Gasteiger partial charge in [0.2, 0.25) is 5.91 Å². The molecule has 3 aromatic rings. The van der Waals surface area contributed by atoms with Crippen molar-refractivity contribution in [1.29, 1.82) is 0 Å². The smallest absolute Gasteiger partial charge is 0.309 e. The van der Waals surface area contributed by atoms with Gasteiger partial charge in [0.25, 0.3) is 0 Å². The maximum atomic E-state index is 14.4. The number of hydrogen-bond donors (Lipinski definition) is 1. The third-order valence-corrected chi connectivity index (χ3v) is 10.6. The lowest BCUT2D eigenvalue weighted by atomic mass is 9.80. The molecule has 3 fully saturated rings. The molecular formula is C41H50Cl2N2O8. The molecule has 2 saturated carbocycles. The van der Waals surface area contributed by atoms with E-state index in [4.69, 9.17) is 51.6 Å². The second-order valence-electron chi connectivity index (χ2n) is 14.0. The van der Waals surface area contributed by atoms with Gasteiger partial charge in [0.1, 0.15) is 25.6 Å². The Morgan fingerprint density at radius 1 is 0.849 bits per heavy atom. The summed E-state index contributed by atoms with van der Waals surface area (Å²) in [5.74, 6) is 2.31. The molecule has 12 heteroatoms. The van der Waals surface area contributed by atoms with Crippen molar-refractivity contribution < 1.29 is 38.0 Å². The number of hydrogen-bond acceptors (Lipinski definition) is 9. The lowest BCUT2D eigenvalue weighted by molar-refractivity contribution is -0.145. The SMILES string of the molecule is CCOC(=O)[C@H]1C[C@@H]1COc1ccc(CN(C(=O)[C@H]2CNCC[C@@H]2c2ccc(OCCOc3c(Cl)cc(C)cc3Cl)cc2)C2CC2)cc1OCCOC. The first-order valence-electron chi connectivity index (χ1n) is 18.6. The number of nitrogens with one attached hydrogen (secondary N) is 1. The number of nitrogens with zero attached hydrogens (tertiary/aromatic N) is 1. The highest BCUT2D eigenvalue weighted by molar-refractivity contribution is 6.37. The van der Waals surface area contributed by atoms with Crippen LogP contribution in [0.4, 0.5) is 0 Å². The van der Waals surface area contributed by atoms with Crippen LogP contribution in [0.2, 0.25) is 10.0 Å². The Labute approximate surface area is 322 Å². The second kappa shape index (κ2) is 18.6. The van der Waals surface area contributed by atoms with Gasteiger partial charge in [-0.05, 0) is 105 Å². The van der Waals surface area contributed by atoms with E-state index >= 15 is 0 Å². The first-order valence-corrected chi connectivity index (χ1v) is 19.4. The van der Waals surface area contributed by atoms with Crippen LogP contribution in [0.5, 0.6) is 23.0 Å². The molecule has 53 heavy (non-hydrogen) atoms. The number of halogens is 2. The monoisotopic (exact) mass is 768 g/mol. The number of rotatable bonds is 19. The molecule has 3 aliphatic rings. The van der Waals surface area contributed by atoms with E-state index in [0.29, 0.717) is 80.0 Å². The Hall–Kier alpha value is -3.70. The summed E-state index contributed by atoms with van der Waals surface area (Å²) in [6, 6.07) is 17.8. The van der Waals surface area contributed by atoms with Crippen LogP contribution in [-0.4, -0.2) is 82.7 Å². The molecule has 286 valence electrons. The number of methoxy groups -OCH3 is 1. The highest BCUT2D eigenvalue weighted by Gasteiger charge is 2.45. The van der Waals surface area contributed by atoms with E-state index in [2.05, 4.69) is 22.3 Å². The fourth-order valence-corrected chi connectivity index (χ4v) is 7.63. The summed E-state index contributed by atoms with van der Waals surface area (Å²) in [6.45, 7) is 7.89. The predicted octanol–water partition coefficient (Wildman–Crippen LogP) is 7.25. The van der Waals surface area contributed by atoms with Gasteiger partial charge in [-0.2, -0.15) is 0 Å². The standard InChI is InChI=1S/C41H50Cl2N2O8/c1-4-49-41(47)33-22-29(33)25-53-37-12-5-27(21-38(37)51-16-15-48-3)24-45(30-8-9-30)40(46)34-23-44-14-13-32(34)28-6-10-31(11-7-28)50-17-18-52-39-35(42)19-26(2)20-36(39)43/h5-7,10-12,19-21,29-30,32-34,44H,4,8-9,13-18,22-25H2,1-3H3/t29-,32-,33+,34+/m1/s1. The zero-order chi connectivity index (χ0) is 37.3. The van der Waals surface area contributed by atoms with Gasteiger partial charge in [-0.25, -0.2) is 0 Å². The third-order valence-electron chi connectivity index (χ3n) is 9.99. The van der Waals surface area contributed by atoms with Gasteiger partial charge in [-0.1, -0.05) is 41.4 Å². The minimum atomic E-state index is -0.195. The molecule has 1 aliphatic heterocycles. The number of benzene rings is 3. The minimum absolute atomic E-state index is 0.0813. The summed E-state index contributed by atoms with van der Waals surface area (Å²) in [5.41, 5.74) is 3.06. The van der Waals surface area contributed by atoms with Crippen molar-refractivity contribution in [2.75, 3.05) is 59.8 Å². The van der Waals surface area contributed by atoms with Crippen LogP contribution >= 0.6 is 23.2 Å². The van der Waals surface area contributed by atoms with Gasteiger partial charge >= 0.3 is 5.97 Å². The van der Waals surface area contributed by atoms with Crippen LogP contribution in [0.15, 0.2) is 54.6 Å². The molecule has 1 heterocycles. The summed E-state index contributed by atoms with van der Waals surface area (Å²) in [4.78, 5) is 28.5. The number of carbonyl (C=O) groups is 2. The summed E-state index contributed by atoms with van der Waals surface area (Å²) in [7, 11) is 1.63. The maximum absolute atomic E-state index is 14.4. The number of carbonyl (C=O) groups excluding carboxylic acids is 2. The molecule has 0 bridgehead atoms. The minimum Gasteiger partial charge on any atom is -0.490 e. The van der Waals surface area contributed by atoms with E-state index in [1.165, 1.54) is 0 Å². The van der Waals surface area contributed by atoms with Gasteiger partial charge in [0.05, 0.1) is 41.7 Å². The molecule has 0 unspecified atom stereocenters. The van der Waals surface area contributed by atoms with E-state index in [0.717, 1.165) is 54.7 Å². The summed E-state index contributed by atoms with van der Waals surface area (Å²) in [6.07, 6.45) is 3.62. The fourth-order valence-electron chi connectivity index (χ4n) is 6.92. The molecule has 4 atom stereocenters. The average Bonchev–Trinajstić information content (AvgIpc) is 4.09. The van der Waals surface area contributed by atoms with Crippen LogP contribution < -0.4 is 24.3 Å². The molecule has 1 N–H and O–H groups in total. The van der Waals surface area contributed by atoms with Gasteiger partial charge in [-0.15, -0.1) is 0 Å². The topological polar surface area (TPSA) is 105 Å². The van der Waals surface area contributed by atoms with Crippen molar-refractivity contribution in [3.63, 3.8) is 0 Å². The van der Waals surface area contributed by atoms with Crippen molar-refractivity contribution in [2.24, 2.45) is 17.8 Å². The molecule has 1 saturated heterocycles. The molecule has 1 amide bonds. The highest BCUT2D eigenvalue weighted by Crippen LogP contribution is 2.42. The molecule has 0 aromatic heterocycles. The summed E-state index contributed by atoms with van der Waals surface area (Å²) < 4.78 is 34.4. The zero-order valence-corrected chi connectivity index (χ0v) is 32.3. The Kier molecular flexibility index (Phi) is 13.7. The van der Waals surface area contributed by atoms with Crippen molar-refractivity contribution >= 4 is 35.1 Å². The van der Waals surface area contributed by atoms with Crippen LogP contribution in [-0.2, 0) is 25.6 Å². The number of esters is 1. The molecule has 6 rings (SSSR count). The lowest BCUT2D eigenvalue weighted by Gasteiger charge is -2.36. The van der Waals surface area contributed by atoms with E-state index in [1.807, 2.05) is 56.3 Å². The number of ether oxygens (including phenoxy) is 6. The normalized spacial score (nSPS) is 20.7.